The molecule has 0 saturated heterocycles. The Hall–Kier alpha value is -1.91. The third-order valence-electron chi connectivity index (χ3n) is 2.87. The molecule has 2 heterocycles. The van der Waals surface area contributed by atoms with Crippen LogP contribution in [0.3, 0.4) is 0 Å². The zero-order chi connectivity index (χ0) is 11.3. The minimum Gasteiger partial charge on any atom is -0.478 e. The summed E-state index contributed by atoms with van der Waals surface area (Å²) in [6, 6.07) is 2.10. The van der Waals surface area contributed by atoms with Gasteiger partial charge < -0.3 is 5.11 Å². The van der Waals surface area contributed by atoms with Gasteiger partial charge in [0.2, 0.25) is 0 Å². The maximum atomic E-state index is 10.8. The van der Waals surface area contributed by atoms with Crippen molar-refractivity contribution in [2.75, 3.05) is 0 Å². The average molecular weight is 217 g/mol. The number of carboxylic acids is 1. The second kappa shape index (κ2) is 3.04. The topological polar surface area (TPSA) is 68.0 Å². The van der Waals surface area contributed by atoms with E-state index >= 15 is 0 Å². The van der Waals surface area contributed by atoms with Crippen molar-refractivity contribution in [3.05, 3.63) is 23.5 Å². The van der Waals surface area contributed by atoms with Crippen LogP contribution in [0.15, 0.2) is 12.3 Å². The first kappa shape index (κ1) is 9.33. The van der Waals surface area contributed by atoms with Gasteiger partial charge in [0, 0.05) is 11.6 Å². The standard InChI is InChI=1S/C11H11N3O2/c1-6-9-4-7(11(15)16)5-12-10(9)14(13-6)8-2-3-8/h4-5,8H,2-3H2,1H3,(H,15,16). The normalized spacial score (nSPS) is 15.6. The van der Waals surface area contributed by atoms with Crippen LogP contribution in [-0.2, 0) is 0 Å². The Bertz CT molecular complexity index is 584. The Labute approximate surface area is 91.7 Å². The van der Waals surface area contributed by atoms with E-state index in [1.165, 1.54) is 6.20 Å². The van der Waals surface area contributed by atoms with Gasteiger partial charge in [-0.1, -0.05) is 0 Å². The van der Waals surface area contributed by atoms with Gasteiger partial charge in [-0.25, -0.2) is 14.5 Å². The number of aryl methyl sites for hydroxylation is 1. The van der Waals surface area contributed by atoms with Crippen LogP contribution in [0.25, 0.3) is 11.0 Å². The molecule has 0 radical (unpaired) electrons. The van der Waals surface area contributed by atoms with E-state index in [1.54, 1.807) is 6.07 Å². The van der Waals surface area contributed by atoms with Crippen LogP contribution in [0.4, 0.5) is 0 Å². The number of aromatic nitrogens is 3. The van der Waals surface area contributed by atoms with Crippen molar-refractivity contribution in [3.8, 4) is 0 Å². The summed E-state index contributed by atoms with van der Waals surface area (Å²) >= 11 is 0. The molecule has 1 aliphatic carbocycles. The number of aromatic carboxylic acids is 1. The third-order valence-corrected chi connectivity index (χ3v) is 2.87. The van der Waals surface area contributed by atoms with Crippen LogP contribution in [0.1, 0.15) is 34.9 Å². The molecular weight excluding hydrogens is 206 g/mol. The summed E-state index contributed by atoms with van der Waals surface area (Å²) in [5.41, 5.74) is 1.86. The fourth-order valence-corrected chi connectivity index (χ4v) is 1.86. The number of pyridine rings is 1. The van der Waals surface area contributed by atoms with Gasteiger partial charge in [-0.2, -0.15) is 5.10 Å². The molecule has 2 aromatic heterocycles. The average Bonchev–Trinajstić information content (AvgIpc) is 3.04. The molecule has 0 aliphatic heterocycles. The van der Waals surface area contributed by atoms with E-state index in [2.05, 4.69) is 10.1 Å². The van der Waals surface area contributed by atoms with Crippen LogP contribution in [0.2, 0.25) is 0 Å². The van der Waals surface area contributed by atoms with Gasteiger partial charge in [0.05, 0.1) is 17.3 Å². The molecule has 2 aromatic rings. The van der Waals surface area contributed by atoms with Crippen molar-refractivity contribution in [1.82, 2.24) is 14.8 Å². The molecule has 5 heteroatoms. The Morgan fingerprint density at radius 3 is 2.94 bits per heavy atom. The lowest BCUT2D eigenvalue weighted by molar-refractivity contribution is 0.0696. The van der Waals surface area contributed by atoms with E-state index in [9.17, 15) is 4.79 Å². The molecule has 0 spiro atoms. The molecule has 16 heavy (non-hydrogen) atoms. The molecule has 0 unspecified atom stereocenters. The van der Waals surface area contributed by atoms with E-state index in [0.717, 1.165) is 29.6 Å². The number of hydrogen-bond donors (Lipinski definition) is 1. The predicted molar refractivity (Wildman–Crippen MR) is 57.5 cm³/mol. The van der Waals surface area contributed by atoms with E-state index in [0.29, 0.717) is 6.04 Å². The van der Waals surface area contributed by atoms with Gasteiger partial charge in [-0.3, -0.25) is 0 Å². The van der Waals surface area contributed by atoms with Crippen LogP contribution in [0.5, 0.6) is 0 Å². The highest BCUT2D eigenvalue weighted by Gasteiger charge is 2.27. The van der Waals surface area contributed by atoms with Crippen LogP contribution in [-0.4, -0.2) is 25.8 Å². The molecule has 1 fully saturated rings. The summed E-state index contributed by atoms with van der Waals surface area (Å²) in [5, 5.41) is 14.1. The third kappa shape index (κ3) is 1.28. The lowest BCUT2D eigenvalue weighted by Crippen LogP contribution is -2.00. The quantitative estimate of drug-likeness (QED) is 0.832. The second-order valence-electron chi connectivity index (χ2n) is 4.16. The van der Waals surface area contributed by atoms with Gasteiger partial charge >= 0.3 is 5.97 Å². The van der Waals surface area contributed by atoms with E-state index in [4.69, 9.17) is 5.11 Å². The maximum absolute atomic E-state index is 10.8. The molecule has 1 aliphatic rings. The minimum atomic E-state index is -0.951. The Morgan fingerprint density at radius 1 is 1.56 bits per heavy atom. The summed E-state index contributed by atoms with van der Waals surface area (Å²) < 4.78 is 1.91. The molecular formula is C11H11N3O2. The van der Waals surface area contributed by atoms with Gasteiger partial charge in [0.25, 0.3) is 0 Å². The highest BCUT2D eigenvalue weighted by molar-refractivity contribution is 5.92. The summed E-state index contributed by atoms with van der Waals surface area (Å²) in [5.74, 6) is -0.951. The fraction of sp³-hybridized carbons (Fsp3) is 0.364. The van der Waals surface area contributed by atoms with Crippen molar-refractivity contribution in [2.24, 2.45) is 0 Å². The van der Waals surface area contributed by atoms with Crippen LogP contribution >= 0.6 is 0 Å². The van der Waals surface area contributed by atoms with E-state index in [1.807, 2.05) is 11.6 Å². The smallest absolute Gasteiger partial charge is 0.337 e. The van der Waals surface area contributed by atoms with Gasteiger partial charge in [-0.05, 0) is 25.8 Å². The SMILES string of the molecule is Cc1nn(C2CC2)c2ncc(C(=O)O)cc12. The molecule has 82 valence electrons. The summed E-state index contributed by atoms with van der Waals surface area (Å²) in [7, 11) is 0. The lowest BCUT2D eigenvalue weighted by Gasteiger charge is -1.99. The first-order valence-corrected chi connectivity index (χ1v) is 5.25. The molecule has 0 atom stereocenters. The Morgan fingerprint density at radius 2 is 2.31 bits per heavy atom. The predicted octanol–water partition coefficient (Wildman–Crippen LogP) is 1.77. The number of fused-ring (bicyclic) bond motifs is 1. The van der Waals surface area contributed by atoms with E-state index in [-0.39, 0.29) is 5.56 Å². The molecule has 0 amide bonds. The zero-order valence-electron chi connectivity index (χ0n) is 8.84. The number of rotatable bonds is 2. The van der Waals surface area contributed by atoms with Crippen LogP contribution < -0.4 is 0 Å². The van der Waals surface area contributed by atoms with Gasteiger partial charge in [0.15, 0.2) is 5.65 Å². The first-order valence-electron chi connectivity index (χ1n) is 5.25. The molecule has 0 bridgehead atoms. The molecule has 3 rings (SSSR count). The van der Waals surface area contributed by atoms with Crippen molar-refractivity contribution < 1.29 is 9.90 Å². The van der Waals surface area contributed by atoms with Crippen molar-refractivity contribution >= 4 is 17.0 Å². The van der Waals surface area contributed by atoms with E-state index < -0.39 is 5.97 Å². The van der Waals surface area contributed by atoms with Crippen molar-refractivity contribution in [2.45, 2.75) is 25.8 Å². The molecule has 0 aromatic carbocycles. The monoisotopic (exact) mass is 217 g/mol. The highest BCUT2D eigenvalue weighted by atomic mass is 16.4. The van der Waals surface area contributed by atoms with Gasteiger partial charge in [0.1, 0.15) is 0 Å². The summed E-state index contributed by atoms with van der Waals surface area (Å²) in [4.78, 5) is 15.0. The molecule has 5 nitrogen and oxygen atoms in total. The minimum absolute atomic E-state index is 0.214. The number of carbonyl (C=O) groups is 1. The summed E-state index contributed by atoms with van der Waals surface area (Å²) in [6.07, 6.45) is 3.67. The Balaban J connectivity index is 2.24. The highest BCUT2D eigenvalue weighted by Crippen LogP contribution is 2.36. The first-order chi connectivity index (χ1) is 7.66. The maximum Gasteiger partial charge on any atom is 0.337 e. The zero-order valence-corrected chi connectivity index (χ0v) is 8.84. The van der Waals surface area contributed by atoms with Crippen molar-refractivity contribution in [3.63, 3.8) is 0 Å². The number of hydrogen-bond acceptors (Lipinski definition) is 3. The van der Waals surface area contributed by atoms with Crippen molar-refractivity contribution in [1.29, 1.82) is 0 Å². The second-order valence-corrected chi connectivity index (χ2v) is 4.16. The number of nitrogens with zero attached hydrogens (tertiary/aromatic N) is 3. The van der Waals surface area contributed by atoms with Gasteiger partial charge in [-0.15, -0.1) is 0 Å². The molecule has 1 saturated carbocycles. The van der Waals surface area contributed by atoms with Crippen LogP contribution in [0, 0.1) is 6.92 Å². The number of carboxylic acid groups (broad SMARTS) is 1. The summed E-state index contributed by atoms with van der Waals surface area (Å²) in [6.45, 7) is 1.88. The largest absolute Gasteiger partial charge is 0.478 e. The fourth-order valence-electron chi connectivity index (χ4n) is 1.86. The Kier molecular flexibility index (Phi) is 1.77. The molecule has 1 N–H and O–H groups in total. The lowest BCUT2D eigenvalue weighted by atomic mass is 10.2.